The van der Waals surface area contributed by atoms with Gasteiger partial charge >= 0.3 is 0 Å². The van der Waals surface area contributed by atoms with Gasteiger partial charge in [0.1, 0.15) is 12.4 Å². The molecular weight excluding hydrogens is 349 g/mol. The first kappa shape index (κ1) is 18.3. The fourth-order valence-corrected chi connectivity index (χ4v) is 2.34. The lowest BCUT2D eigenvalue weighted by Gasteiger charge is -2.13. The Kier molecular flexibility index (Phi) is 5.98. The SMILES string of the molecule is COc1cc(/C=C(/C#N)c2ccc(F)cc2)cc(Cl)c1OCC(=O)[O-]. The molecule has 0 aromatic heterocycles. The quantitative estimate of drug-likeness (QED) is 0.584. The van der Waals surface area contributed by atoms with Crippen molar-refractivity contribution in [1.82, 2.24) is 0 Å². The van der Waals surface area contributed by atoms with Crippen LogP contribution in [0.25, 0.3) is 11.6 Å². The fraction of sp³-hybridized carbons (Fsp3) is 0.111. The molecule has 0 fully saturated rings. The van der Waals surface area contributed by atoms with E-state index >= 15 is 0 Å². The molecule has 0 aliphatic heterocycles. The van der Waals surface area contributed by atoms with E-state index < -0.39 is 18.4 Å². The number of nitrogens with zero attached hydrogens (tertiary/aromatic N) is 1. The van der Waals surface area contributed by atoms with Crippen LogP contribution in [0.2, 0.25) is 5.02 Å². The molecule has 0 N–H and O–H groups in total. The number of benzene rings is 2. The van der Waals surface area contributed by atoms with Crippen LogP contribution in [0.4, 0.5) is 4.39 Å². The predicted octanol–water partition coefficient (Wildman–Crippen LogP) is 2.68. The maximum absolute atomic E-state index is 13.0. The number of halogens is 2. The summed E-state index contributed by atoms with van der Waals surface area (Å²) in [5.41, 5.74) is 1.36. The molecule has 0 unspecified atom stereocenters. The molecular formula is C18H12ClFNO4-. The summed E-state index contributed by atoms with van der Waals surface area (Å²) in [5.74, 6) is -1.53. The van der Waals surface area contributed by atoms with E-state index in [2.05, 4.69) is 0 Å². The van der Waals surface area contributed by atoms with E-state index in [-0.39, 0.29) is 16.5 Å². The highest BCUT2D eigenvalue weighted by Crippen LogP contribution is 2.37. The van der Waals surface area contributed by atoms with Crippen molar-refractivity contribution in [2.24, 2.45) is 0 Å². The molecule has 2 rings (SSSR count). The Morgan fingerprint density at radius 1 is 1.36 bits per heavy atom. The summed E-state index contributed by atoms with van der Waals surface area (Å²) in [7, 11) is 1.37. The van der Waals surface area contributed by atoms with Crippen LogP contribution in [0.3, 0.4) is 0 Å². The molecule has 0 saturated heterocycles. The molecule has 7 heteroatoms. The largest absolute Gasteiger partial charge is 0.546 e. The molecule has 0 spiro atoms. The topological polar surface area (TPSA) is 82.4 Å². The Hall–Kier alpha value is -3.04. The highest BCUT2D eigenvalue weighted by atomic mass is 35.5. The number of allylic oxidation sites excluding steroid dienone is 1. The van der Waals surface area contributed by atoms with Gasteiger partial charge in [0, 0.05) is 0 Å². The summed E-state index contributed by atoms with van der Waals surface area (Å²) in [4.78, 5) is 10.5. The number of carbonyl (C=O) groups excluding carboxylic acids is 1. The third-order valence-electron chi connectivity index (χ3n) is 3.17. The summed E-state index contributed by atoms with van der Waals surface area (Å²) in [5, 5.41) is 20.0. The number of hydrogen-bond donors (Lipinski definition) is 0. The number of carboxylic acid groups (broad SMARTS) is 1. The Morgan fingerprint density at radius 3 is 2.60 bits per heavy atom. The van der Waals surface area contributed by atoms with Crippen LogP contribution in [0.15, 0.2) is 36.4 Å². The van der Waals surface area contributed by atoms with Gasteiger partial charge in [-0.25, -0.2) is 4.39 Å². The van der Waals surface area contributed by atoms with E-state index in [9.17, 15) is 19.6 Å². The second-order valence-corrected chi connectivity index (χ2v) is 5.28. The monoisotopic (exact) mass is 360 g/mol. The van der Waals surface area contributed by atoms with Gasteiger partial charge in [-0.05, 0) is 41.5 Å². The Bertz CT molecular complexity index is 857. The molecule has 5 nitrogen and oxygen atoms in total. The number of nitriles is 1. The standard InChI is InChI=1S/C18H13ClFNO4/c1-24-16-8-11(7-15(19)18(16)25-10-17(22)23)6-13(9-21)12-2-4-14(20)5-3-12/h2-8H,10H2,1H3,(H,22,23)/p-1/b13-6-. The van der Waals surface area contributed by atoms with Gasteiger partial charge in [0.05, 0.1) is 29.7 Å². The zero-order valence-electron chi connectivity index (χ0n) is 13.1. The summed E-state index contributed by atoms with van der Waals surface area (Å²) in [6.45, 7) is -0.676. The van der Waals surface area contributed by atoms with Crippen LogP contribution in [-0.4, -0.2) is 19.7 Å². The van der Waals surface area contributed by atoms with Gasteiger partial charge in [-0.3, -0.25) is 0 Å². The lowest BCUT2D eigenvalue weighted by Crippen LogP contribution is -2.29. The summed E-state index contributed by atoms with van der Waals surface area (Å²) < 4.78 is 23.2. The molecule has 0 bridgehead atoms. The minimum Gasteiger partial charge on any atom is -0.546 e. The minimum absolute atomic E-state index is 0.0609. The zero-order valence-corrected chi connectivity index (χ0v) is 13.8. The molecule has 0 aliphatic carbocycles. The molecule has 25 heavy (non-hydrogen) atoms. The highest BCUT2D eigenvalue weighted by molar-refractivity contribution is 6.32. The van der Waals surface area contributed by atoms with Crippen molar-refractivity contribution in [2.75, 3.05) is 13.7 Å². The molecule has 0 heterocycles. The van der Waals surface area contributed by atoms with Crippen LogP contribution in [0.1, 0.15) is 11.1 Å². The minimum atomic E-state index is -1.40. The fourth-order valence-electron chi connectivity index (χ4n) is 2.07. The van der Waals surface area contributed by atoms with Gasteiger partial charge < -0.3 is 19.4 Å². The van der Waals surface area contributed by atoms with Crippen molar-refractivity contribution in [3.63, 3.8) is 0 Å². The lowest BCUT2D eigenvalue weighted by atomic mass is 10.0. The van der Waals surface area contributed by atoms with E-state index in [0.29, 0.717) is 16.7 Å². The van der Waals surface area contributed by atoms with Gasteiger partial charge in [0.15, 0.2) is 11.5 Å². The molecule has 0 radical (unpaired) electrons. The second-order valence-electron chi connectivity index (χ2n) is 4.87. The van der Waals surface area contributed by atoms with Crippen LogP contribution < -0.4 is 14.6 Å². The van der Waals surface area contributed by atoms with Gasteiger partial charge in [0.25, 0.3) is 0 Å². The first-order valence-corrected chi connectivity index (χ1v) is 7.40. The van der Waals surface area contributed by atoms with Crippen LogP contribution in [0.5, 0.6) is 11.5 Å². The smallest absolute Gasteiger partial charge is 0.180 e. The van der Waals surface area contributed by atoms with Crippen molar-refractivity contribution in [3.8, 4) is 17.6 Å². The van der Waals surface area contributed by atoms with E-state index in [0.717, 1.165) is 0 Å². The van der Waals surface area contributed by atoms with E-state index in [1.54, 1.807) is 6.08 Å². The summed E-state index contributed by atoms with van der Waals surface area (Å²) >= 11 is 6.11. The van der Waals surface area contributed by atoms with E-state index in [1.165, 1.54) is 43.5 Å². The van der Waals surface area contributed by atoms with Crippen molar-refractivity contribution in [3.05, 3.63) is 58.4 Å². The maximum atomic E-state index is 13.0. The van der Waals surface area contributed by atoms with Crippen LogP contribution in [-0.2, 0) is 4.79 Å². The second kappa shape index (κ2) is 8.18. The number of hydrogen-bond acceptors (Lipinski definition) is 5. The number of aliphatic carboxylic acids is 1. The molecule has 128 valence electrons. The Balaban J connectivity index is 2.41. The summed E-state index contributed by atoms with van der Waals surface area (Å²) in [6, 6.07) is 10.6. The third kappa shape index (κ3) is 4.72. The van der Waals surface area contributed by atoms with Crippen LogP contribution >= 0.6 is 11.6 Å². The number of carbonyl (C=O) groups is 1. The lowest BCUT2D eigenvalue weighted by molar-refractivity contribution is -0.307. The van der Waals surface area contributed by atoms with Gasteiger partial charge in [0.2, 0.25) is 0 Å². The van der Waals surface area contributed by atoms with Crippen molar-refractivity contribution >= 4 is 29.2 Å². The van der Waals surface area contributed by atoms with Gasteiger partial charge in [-0.2, -0.15) is 5.26 Å². The van der Waals surface area contributed by atoms with Crippen molar-refractivity contribution in [2.45, 2.75) is 0 Å². The molecule has 0 atom stereocenters. The molecule has 2 aromatic rings. The average Bonchev–Trinajstić information content (AvgIpc) is 2.59. The normalized spacial score (nSPS) is 10.9. The summed E-state index contributed by atoms with van der Waals surface area (Å²) in [6.07, 6.45) is 1.55. The maximum Gasteiger partial charge on any atom is 0.180 e. The van der Waals surface area contributed by atoms with Gasteiger partial charge in [-0.15, -0.1) is 0 Å². The molecule has 0 saturated carbocycles. The Labute approximate surface area is 148 Å². The zero-order chi connectivity index (χ0) is 18.4. The average molecular weight is 361 g/mol. The first-order chi connectivity index (χ1) is 11.9. The molecule has 0 aliphatic rings. The number of rotatable bonds is 6. The molecule has 0 amide bonds. The number of ether oxygens (including phenoxy) is 2. The predicted molar refractivity (Wildman–Crippen MR) is 88.4 cm³/mol. The van der Waals surface area contributed by atoms with Crippen LogP contribution in [0, 0.1) is 17.1 Å². The van der Waals surface area contributed by atoms with E-state index in [1.807, 2.05) is 6.07 Å². The Morgan fingerprint density at radius 2 is 2.04 bits per heavy atom. The number of methoxy groups -OCH3 is 1. The third-order valence-corrected chi connectivity index (χ3v) is 3.45. The van der Waals surface area contributed by atoms with Crippen molar-refractivity contribution in [1.29, 1.82) is 5.26 Å². The number of carboxylic acids is 1. The van der Waals surface area contributed by atoms with Crippen molar-refractivity contribution < 1.29 is 23.8 Å². The molecule has 2 aromatic carbocycles. The van der Waals surface area contributed by atoms with Gasteiger partial charge in [-0.1, -0.05) is 23.7 Å². The highest BCUT2D eigenvalue weighted by Gasteiger charge is 2.12. The first-order valence-electron chi connectivity index (χ1n) is 7.02. The van der Waals surface area contributed by atoms with E-state index in [4.69, 9.17) is 21.1 Å².